The monoisotopic (exact) mass is 223 g/mol. The third-order valence-corrected chi connectivity index (χ3v) is 2.99. The van der Waals surface area contributed by atoms with Crippen molar-refractivity contribution in [2.45, 2.75) is 19.4 Å². The van der Waals surface area contributed by atoms with Gasteiger partial charge in [-0.05, 0) is 49.5 Å². The van der Waals surface area contributed by atoms with E-state index in [0.29, 0.717) is 6.61 Å². The summed E-state index contributed by atoms with van der Waals surface area (Å²) in [7, 11) is 0. The van der Waals surface area contributed by atoms with Crippen LogP contribution in [0.2, 0.25) is 0 Å². The lowest BCUT2D eigenvalue weighted by Gasteiger charge is -2.08. The van der Waals surface area contributed by atoms with Crippen LogP contribution in [0, 0.1) is 11.7 Å². The summed E-state index contributed by atoms with van der Waals surface area (Å²) < 4.78 is 18.4. The summed E-state index contributed by atoms with van der Waals surface area (Å²) in [5, 5.41) is 3.33. The Labute approximate surface area is 95.8 Å². The van der Waals surface area contributed by atoms with Gasteiger partial charge in [0.05, 0.1) is 6.61 Å². The van der Waals surface area contributed by atoms with E-state index in [1.807, 2.05) is 6.07 Å². The predicted octanol–water partition coefficient (Wildman–Crippen LogP) is 2.34. The highest BCUT2D eigenvalue weighted by Crippen LogP contribution is 2.12. The van der Waals surface area contributed by atoms with E-state index >= 15 is 0 Å². The molecule has 2 nitrogen and oxygen atoms in total. The molecule has 0 amide bonds. The van der Waals surface area contributed by atoms with E-state index in [1.54, 1.807) is 6.07 Å². The Morgan fingerprint density at radius 3 is 3.12 bits per heavy atom. The van der Waals surface area contributed by atoms with Crippen LogP contribution >= 0.6 is 0 Å². The Kier molecular flexibility index (Phi) is 4.31. The van der Waals surface area contributed by atoms with Crippen LogP contribution in [0.1, 0.15) is 18.4 Å². The van der Waals surface area contributed by atoms with Crippen molar-refractivity contribution < 1.29 is 9.13 Å². The predicted molar refractivity (Wildman–Crippen MR) is 61.6 cm³/mol. The fourth-order valence-corrected chi connectivity index (χ4v) is 2.03. The van der Waals surface area contributed by atoms with Crippen molar-refractivity contribution in [3.05, 3.63) is 35.6 Å². The van der Waals surface area contributed by atoms with Crippen LogP contribution in [-0.4, -0.2) is 19.7 Å². The van der Waals surface area contributed by atoms with Gasteiger partial charge in [-0.15, -0.1) is 0 Å². The van der Waals surface area contributed by atoms with Crippen LogP contribution in [0.25, 0.3) is 0 Å². The first-order valence-electron chi connectivity index (χ1n) is 5.87. The molecule has 88 valence electrons. The maximum Gasteiger partial charge on any atom is 0.123 e. The SMILES string of the molecule is Fc1cccc(COCCC2CCNC2)c1. The van der Waals surface area contributed by atoms with Gasteiger partial charge in [-0.1, -0.05) is 12.1 Å². The normalized spacial score (nSPS) is 20.2. The largest absolute Gasteiger partial charge is 0.377 e. The van der Waals surface area contributed by atoms with E-state index in [-0.39, 0.29) is 5.82 Å². The van der Waals surface area contributed by atoms with Gasteiger partial charge in [0.25, 0.3) is 0 Å². The molecular weight excluding hydrogens is 205 g/mol. The number of hydrogen-bond donors (Lipinski definition) is 1. The number of hydrogen-bond acceptors (Lipinski definition) is 2. The molecule has 1 fully saturated rings. The fraction of sp³-hybridized carbons (Fsp3) is 0.538. The van der Waals surface area contributed by atoms with E-state index in [1.165, 1.54) is 18.6 Å². The quantitative estimate of drug-likeness (QED) is 0.774. The summed E-state index contributed by atoms with van der Waals surface area (Å²) in [5.41, 5.74) is 0.907. The van der Waals surface area contributed by atoms with E-state index in [9.17, 15) is 4.39 Å². The lowest BCUT2D eigenvalue weighted by Crippen LogP contribution is -2.10. The van der Waals surface area contributed by atoms with Gasteiger partial charge in [0.1, 0.15) is 5.82 Å². The standard InChI is InChI=1S/C13H18FNO/c14-13-3-1-2-12(8-13)10-16-7-5-11-4-6-15-9-11/h1-3,8,11,15H,4-7,9-10H2. The van der Waals surface area contributed by atoms with E-state index < -0.39 is 0 Å². The van der Waals surface area contributed by atoms with Gasteiger partial charge in [0.2, 0.25) is 0 Å². The van der Waals surface area contributed by atoms with Crippen LogP contribution in [0.5, 0.6) is 0 Å². The average Bonchev–Trinajstić information content (AvgIpc) is 2.77. The molecule has 1 heterocycles. The minimum Gasteiger partial charge on any atom is -0.377 e. The third kappa shape index (κ3) is 3.58. The molecule has 1 aromatic carbocycles. The van der Waals surface area contributed by atoms with Crippen LogP contribution < -0.4 is 5.32 Å². The van der Waals surface area contributed by atoms with Gasteiger partial charge in [0.15, 0.2) is 0 Å². The zero-order chi connectivity index (χ0) is 11.2. The highest BCUT2D eigenvalue weighted by atomic mass is 19.1. The maximum atomic E-state index is 12.9. The first-order chi connectivity index (χ1) is 7.84. The molecule has 16 heavy (non-hydrogen) atoms. The van der Waals surface area contributed by atoms with Crippen molar-refractivity contribution in [3.63, 3.8) is 0 Å². The van der Waals surface area contributed by atoms with Gasteiger partial charge in [-0.2, -0.15) is 0 Å². The Balaban J connectivity index is 1.64. The molecule has 1 atom stereocenters. The van der Waals surface area contributed by atoms with Crippen LogP contribution in [0.3, 0.4) is 0 Å². The molecule has 1 saturated heterocycles. The molecule has 0 saturated carbocycles. The Morgan fingerprint density at radius 2 is 2.38 bits per heavy atom. The number of rotatable bonds is 5. The van der Waals surface area contributed by atoms with Gasteiger partial charge < -0.3 is 10.1 Å². The van der Waals surface area contributed by atoms with Crippen molar-refractivity contribution in [2.75, 3.05) is 19.7 Å². The summed E-state index contributed by atoms with van der Waals surface area (Å²) in [6, 6.07) is 6.58. The van der Waals surface area contributed by atoms with Gasteiger partial charge in [-0.25, -0.2) is 4.39 Å². The molecule has 0 aromatic heterocycles. The van der Waals surface area contributed by atoms with E-state index in [0.717, 1.165) is 37.6 Å². The zero-order valence-corrected chi connectivity index (χ0v) is 9.42. The summed E-state index contributed by atoms with van der Waals surface area (Å²) in [4.78, 5) is 0. The lowest BCUT2D eigenvalue weighted by atomic mass is 10.1. The minimum absolute atomic E-state index is 0.193. The summed E-state index contributed by atoms with van der Waals surface area (Å²) in [5.74, 6) is 0.564. The highest BCUT2D eigenvalue weighted by molar-refractivity contribution is 5.15. The fourth-order valence-electron chi connectivity index (χ4n) is 2.03. The summed E-state index contributed by atoms with van der Waals surface area (Å²) in [6.45, 7) is 3.53. The second kappa shape index (κ2) is 5.97. The number of halogens is 1. The number of nitrogens with one attached hydrogen (secondary N) is 1. The molecule has 1 N–H and O–H groups in total. The molecule has 1 aliphatic heterocycles. The van der Waals surface area contributed by atoms with Crippen molar-refractivity contribution in [2.24, 2.45) is 5.92 Å². The molecule has 0 spiro atoms. The molecule has 1 aromatic rings. The number of ether oxygens (including phenoxy) is 1. The van der Waals surface area contributed by atoms with Crippen molar-refractivity contribution in [3.8, 4) is 0 Å². The smallest absolute Gasteiger partial charge is 0.123 e. The second-order valence-electron chi connectivity index (χ2n) is 4.33. The van der Waals surface area contributed by atoms with E-state index in [4.69, 9.17) is 4.74 Å². The average molecular weight is 223 g/mol. The molecule has 3 heteroatoms. The Hall–Kier alpha value is -0.930. The van der Waals surface area contributed by atoms with Crippen LogP contribution in [0.4, 0.5) is 4.39 Å². The van der Waals surface area contributed by atoms with E-state index in [2.05, 4.69) is 5.32 Å². The molecule has 1 aliphatic rings. The summed E-state index contributed by atoms with van der Waals surface area (Å²) >= 11 is 0. The second-order valence-corrected chi connectivity index (χ2v) is 4.33. The van der Waals surface area contributed by atoms with Crippen molar-refractivity contribution in [1.82, 2.24) is 5.32 Å². The van der Waals surface area contributed by atoms with Gasteiger partial charge in [0, 0.05) is 6.61 Å². The minimum atomic E-state index is -0.193. The zero-order valence-electron chi connectivity index (χ0n) is 9.42. The maximum absolute atomic E-state index is 12.9. The third-order valence-electron chi connectivity index (χ3n) is 2.99. The first-order valence-corrected chi connectivity index (χ1v) is 5.87. The Bertz CT molecular complexity index is 323. The number of benzene rings is 1. The molecule has 1 unspecified atom stereocenters. The van der Waals surface area contributed by atoms with Crippen LogP contribution in [0.15, 0.2) is 24.3 Å². The first kappa shape index (κ1) is 11.6. The summed E-state index contributed by atoms with van der Waals surface area (Å²) in [6.07, 6.45) is 2.35. The van der Waals surface area contributed by atoms with Crippen molar-refractivity contribution >= 4 is 0 Å². The molecule has 2 rings (SSSR count). The topological polar surface area (TPSA) is 21.3 Å². The highest BCUT2D eigenvalue weighted by Gasteiger charge is 2.13. The molecular formula is C13H18FNO. The lowest BCUT2D eigenvalue weighted by molar-refractivity contribution is 0.109. The van der Waals surface area contributed by atoms with Gasteiger partial charge >= 0.3 is 0 Å². The molecule has 0 aliphatic carbocycles. The van der Waals surface area contributed by atoms with Gasteiger partial charge in [-0.3, -0.25) is 0 Å². The molecule has 0 radical (unpaired) electrons. The molecule has 0 bridgehead atoms. The Morgan fingerprint density at radius 1 is 1.44 bits per heavy atom. The van der Waals surface area contributed by atoms with Crippen molar-refractivity contribution in [1.29, 1.82) is 0 Å². The van der Waals surface area contributed by atoms with Crippen LogP contribution in [-0.2, 0) is 11.3 Å².